The zero-order valence-electron chi connectivity index (χ0n) is 18.5. The Labute approximate surface area is 183 Å². The summed E-state index contributed by atoms with van der Waals surface area (Å²) in [6.45, 7) is 3.44. The van der Waals surface area contributed by atoms with E-state index in [-0.39, 0.29) is 5.56 Å². The lowest BCUT2D eigenvalue weighted by molar-refractivity contribution is 0.244. The number of benzene rings is 1. The van der Waals surface area contributed by atoms with Crippen LogP contribution in [0.25, 0.3) is 16.7 Å². The first kappa shape index (κ1) is 19.3. The fourth-order valence-electron chi connectivity index (χ4n) is 5.41. The summed E-state index contributed by atoms with van der Waals surface area (Å²) in [6, 6.07) is 8.65. The second kappa shape index (κ2) is 7.63. The average Bonchev–Trinajstić information content (AvgIpc) is 3.71. The van der Waals surface area contributed by atoms with Crippen molar-refractivity contribution in [3.63, 3.8) is 0 Å². The molecule has 3 aliphatic carbocycles. The van der Waals surface area contributed by atoms with Gasteiger partial charge in [-0.25, -0.2) is 0 Å². The van der Waals surface area contributed by atoms with Gasteiger partial charge in [-0.3, -0.25) is 18.9 Å². The van der Waals surface area contributed by atoms with Crippen LogP contribution in [0, 0.1) is 11.8 Å². The van der Waals surface area contributed by atoms with Crippen LogP contribution in [0.5, 0.6) is 0 Å². The van der Waals surface area contributed by atoms with Gasteiger partial charge in [-0.15, -0.1) is 0 Å². The molecule has 0 spiro atoms. The van der Waals surface area contributed by atoms with Gasteiger partial charge in [0.25, 0.3) is 5.56 Å². The highest BCUT2D eigenvalue weighted by atomic mass is 16.1. The normalized spacial score (nSPS) is 18.6. The predicted octanol–water partition coefficient (Wildman–Crippen LogP) is 4.23. The van der Waals surface area contributed by atoms with Crippen LogP contribution in [0.1, 0.15) is 55.2 Å². The molecule has 5 heteroatoms. The summed E-state index contributed by atoms with van der Waals surface area (Å²) in [5.74, 6) is 1.80. The molecule has 0 unspecified atom stereocenters. The van der Waals surface area contributed by atoms with E-state index in [1.807, 2.05) is 22.5 Å². The molecule has 0 N–H and O–H groups in total. The number of fused-ring (bicyclic) bond motifs is 3. The van der Waals surface area contributed by atoms with Gasteiger partial charge in [0, 0.05) is 37.6 Å². The number of nitrogens with zero attached hydrogens (tertiary/aromatic N) is 4. The fraction of sp³-hybridized carbons (Fsp3) is 0.538. The molecule has 1 aromatic carbocycles. The zero-order chi connectivity index (χ0) is 20.9. The van der Waals surface area contributed by atoms with E-state index in [2.05, 4.69) is 34.3 Å². The van der Waals surface area contributed by atoms with Gasteiger partial charge in [0.15, 0.2) is 0 Å². The molecule has 2 fully saturated rings. The van der Waals surface area contributed by atoms with Gasteiger partial charge < -0.3 is 0 Å². The Morgan fingerprint density at radius 2 is 1.74 bits per heavy atom. The van der Waals surface area contributed by atoms with E-state index < -0.39 is 0 Å². The number of pyridine rings is 1. The molecule has 0 aliphatic heterocycles. The van der Waals surface area contributed by atoms with Gasteiger partial charge >= 0.3 is 0 Å². The van der Waals surface area contributed by atoms with E-state index in [1.165, 1.54) is 49.9 Å². The van der Waals surface area contributed by atoms with Crippen molar-refractivity contribution in [2.45, 2.75) is 57.9 Å². The van der Waals surface area contributed by atoms with Gasteiger partial charge in [-0.1, -0.05) is 12.1 Å². The van der Waals surface area contributed by atoms with E-state index in [0.717, 1.165) is 66.3 Å². The Kier molecular flexibility index (Phi) is 4.75. The van der Waals surface area contributed by atoms with E-state index in [1.54, 1.807) is 0 Å². The Bertz CT molecular complexity index is 1170. The van der Waals surface area contributed by atoms with Crippen molar-refractivity contribution in [3.05, 3.63) is 57.5 Å². The highest BCUT2D eigenvalue weighted by molar-refractivity contribution is 5.82. The minimum Gasteiger partial charge on any atom is -0.299 e. The van der Waals surface area contributed by atoms with Crippen LogP contribution in [-0.4, -0.2) is 32.3 Å². The Balaban J connectivity index is 1.40. The standard InChI is InChI=1S/C26H32N4O/c1-28-25-24(14-27-28)22-7-2-3-8-23(22)26(31)30(25)21-6-4-5-20(13-21)17-29(15-18-9-10-18)16-19-11-12-19/h4-6,13-14,18-19H,2-3,7-12,15-17H2,1H3. The largest absolute Gasteiger partial charge is 0.299 e. The topological polar surface area (TPSA) is 43.1 Å². The predicted molar refractivity (Wildman–Crippen MR) is 124 cm³/mol. The van der Waals surface area contributed by atoms with Crippen molar-refractivity contribution in [1.82, 2.24) is 19.2 Å². The number of aromatic nitrogens is 3. The van der Waals surface area contributed by atoms with E-state index >= 15 is 0 Å². The minimum atomic E-state index is 0.149. The molecule has 6 rings (SSSR count). The summed E-state index contributed by atoms with van der Waals surface area (Å²) in [5, 5.41) is 5.67. The molecule has 162 valence electrons. The van der Waals surface area contributed by atoms with Gasteiger partial charge in [-0.05, 0) is 86.5 Å². The van der Waals surface area contributed by atoms with Gasteiger partial charge in [0.05, 0.1) is 11.9 Å². The molecule has 3 aromatic rings. The number of hydrogen-bond donors (Lipinski definition) is 0. The first-order valence-electron chi connectivity index (χ1n) is 12.1. The monoisotopic (exact) mass is 416 g/mol. The summed E-state index contributed by atoms with van der Waals surface area (Å²) in [6.07, 6.45) is 11.7. The molecular formula is C26H32N4O. The average molecular weight is 417 g/mol. The fourth-order valence-corrected chi connectivity index (χ4v) is 5.41. The summed E-state index contributed by atoms with van der Waals surface area (Å²) in [5.41, 5.74) is 5.58. The molecule has 2 heterocycles. The first-order valence-corrected chi connectivity index (χ1v) is 12.1. The third-order valence-corrected chi connectivity index (χ3v) is 7.38. The number of rotatable bonds is 7. The van der Waals surface area contributed by atoms with Crippen LogP contribution in [0.3, 0.4) is 0 Å². The molecule has 0 amide bonds. The number of aryl methyl sites for hydroxylation is 2. The third-order valence-electron chi connectivity index (χ3n) is 7.38. The highest BCUT2D eigenvalue weighted by Gasteiger charge is 2.29. The molecule has 2 aromatic heterocycles. The molecule has 31 heavy (non-hydrogen) atoms. The van der Waals surface area contributed by atoms with Crippen molar-refractivity contribution in [2.24, 2.45) is 18.9 Å². The van der Waals surface area contributed by atoms with Crippen molar-refractivity contribution in [2.75, 3.05) is 13.1 Å². The van der Waals surface area contributed by atoms with E-state index in [9.17, 15) is 4.79 Å². The van der Waals surface area contributed by atoms with Crippen molar-refractivity contribution >= 4 is 11.0 Å². The van der Waals surface area contributed by atoms with E-state index in [4.69, 9.17) is 0 Å². The summed E-state index contributed by atoms with van der Waals surface area (Å²) < 4.78 is 3.78. The summed E-state index contributed by atoms with van der Waals surface area (Å²) in [4.78, 5) is 16.3. The molecule has 2 saturated carbocycles. The molecule has 5 nitrogen and oxygen atoms in total. The molecule has 0 saturated heterocycles. The zero-order valence-corrected chi connectivity index (χ0v) is 18.5. The highest BCUT2D eigenvalue weighted by Crippen LogP contribution is 2.34. The Morgan fingerprint density at radius 1 is 1.03 bits per heavy atom. The molecule has 0 atom stereocenters. The summed E-state index contributed by atoms with van der Waals surface area (Å²) >= 11 is 0. The maximum absolute atomic E-state index is 13.6. The Morgan fingerprint density at radius 3 is 2.45 bits per heavy atom. The van der Waals surface area contributed by atoms with Crippen molar-refractivity contribution in [1.29, 1.82) is 0 Å². The Hall–Kier alpha value is -2.40. The molecule has 0 bridgehead atoms. The second-order valence-electron chi connectivity index (χ2n) is 10.1. The maximum atomic E-state index is 13.6. The van der Waals surface area contributed by atoms with Crippen LogP contribution >= 0.6 is 0 Å². The van der Waals surface area contributed by atoms with Gasteiger partial charge in [0.2, 0.25) is 0 Å². The maximum Gasteiger partial charge on any atom is 0.260 e. The SMILES string of the molecule is Cn1ncc2c3c(c(=O)n(-c4cccc(CN(CC5CC5)CC5CC5)c4)c21)CCCC3. The quantitative estimate of drug-likeness (QED) is 0.579. The van der Waals surface area contributed by atoms with Gasteiger partial charge in [-0.2, -0.15) is 5.10 Å². The van der Waals surface area contributed by atoms with Crippen molar-refractivity contribution in [3.8, 4) is 5.69 Å². The number of hydrogen-bond acceptors (Lipinski definition) is 3. The minimum absolute atomic E-state index is 0.149. The lowest BCUT2D eigenvalue weighted by Crippen LogP contribution is -2.29. The summed E-state index contributed by atoms with van der Waals surface area (Å²) in [7, 11) is 1.95. The molecule has 0 radical (unpaired) electrons. The van der Waals surface area contributed by atoms with Crippen LogP contribution in [0.15, 0.2) is 35.3 Å². The van der Waals surface area contributed by atoms with Crippen LogP contribution < -0.4 is 5.56 Å². The smallest absolute Gasteiger partial charge is 0.260 e. The molecular weight excluding hydrogens is 384 g/mol. The van der Waals surface area contributed by atoms with Crippen LogP contribution in [0.2, 0.25) is 0 Å². The van der Waals surface area contributed by atoms with Crippen molar-refractivity contribution < 1.29 is 0 Å². The lowest BCUT2D eigenvalue weighted by atomic mass is 9.91. The lowest BCUT2D eigenvalue weighted by Gasteiger charge is -2.23. The third kappa shape index (κ3) is 3.73. The second-order valence-corrected chi connectivity index (χ2v) is 10.1. The van der Waals surface area contributed by atoms with Gasteiger partial charge in [0.1, 0.15) is 5.65 Å². The first-order chi connectivity index (χ1) is 15.2. The van der Waals surface area contributed by atoms with Crippen LogP contribution in [-0.2, 0) is 26.4 Å². The van der Waals surface area contributed by atoms with E-state index in [0.29, 0.717) is 0 Å². The molecule has 3 aliphatic rings. The van der Waals surface area contributed by atoms with Crippen LogP contribution in [0.4, 0.5) is 0 Å².